The van der Waals surface area contributed by atoms with E-state index in [1.807, 2.05) is 59.8 Å². The van der Waals surface area contributed by atoms with Gasteiger partial charge < -0.3 is 4.90 Å². The maximum Gasteiger partial charge on any atom is 0.227 e. The molecule has 0 bridgehead atoms. The summed E-state index contributed by atoms with van der Waals surface area (Å²) >= 11 is 0. The summed E-state index contributed by atoms with van der Waals surface area (Å²) in [5, 5.41) is 4.64. The van der Waals surface area contributed by atoms with Gasteiger partial charge in [-0.05, 0) is 44.9 Å². The van der Waals surface area contributed by atoms with Crippen molar-refractivity contribution in [1.29, 1.82) is 0 Å². The van der Waals surface area contributed by atoms with Crippen LogP contribution in [0.25, 0.3) is 5.69 Å². The third-order valence-electron chi connectivity index (χ3n) is 5.38. The number of aryl methyl sites for hydroxylation is 1. The van der Waals surface area contributed by atoms with E-state index in [1.54, 1.807) is 12.1 Å². The van der Waals surface area contributed by atoms with Gasteiger partial charge in [-0.2, -0.15) is 5.10 Å². The first-order chi connectivity index (χ1) is 13.5. The van der Waals surface area contributed by atoms with E-state index in [0.29, 0.717) is 12.1 Å². The molecule has 0 saturated heterocycles. The average Bonchev–Trinajstić information content (AvgIpc) is 3.50. The van der Waals surface area contributed by atoms with Gasteiger partial charge in [0.05, 0.1) is 17.8 Å². The Kier molecular flexibility index (Phi) is 4.99. The van der Waals surface area contributed by atoms with Crippen LogP contribution in [-0.4, -0.2) is 26.6 Å². The summed E-state index contributed by atoms with van der Waals surface area (Å²) in [7, 11) is 0. The molecule has 1 aromatic heterocycles. The molecule has 144 valence electrons. The number of hydrogen-bond acceptors (Lipinski definition) is 2. The van der Waals surface area contributed by atoms with Crippen LogP contribution >= 0.6 is 0 Å². The molecular weight excluding hydrogens is 353 g/mol. The Morgan fingerprint density at radius 2 is 1.79 bits per heavy atom. The number of para-hydroxylation sites is 1. The normalized spacial score (nSPS) is 13.5. The molecule has 5 heteroatoms. The SMILES string of the molecule is Cc1nn(-c2ccccc2)c(C)c1CC(=O)N(Cc1ccccc1F)C1CC1. The van der Waals surface area contributed by atoms with E-state index in [2.05, 4.69) is 5.10 Å². The highest BCUT2D eigenvalue weighted by atomic mass is 19.1. The summed E-state index contributed by atoms with van der Waals surface area (Å²) in [6, 6.07) is 16.8. The fraction of sp³-hybridized carbons (Fsp3) is 0.304. The molecule has 2 aromatic carbocycles. The van der Waals surface area contributed by atoms with Crippen molar-refractivity contribution >= 4 is 5.91 Å². The van der Waals surface area contributed by atoms with Crippen LogP contribution in [0, 0.1) is 19.7 Å². The van der Waals surface area contributed by atoms with Gasteiger partial charge in [0.25, 0.3) is 0 Å². The van der Waals surface area contributed by atoms with Crippen LogP contribution in [0.4, 0.5) is 4.39 Å². The van der Waals surface area contributed by atoms with Gasteiger partial charge in [-0.3, -0.25) is 4.79 Å². The lowest BCUT2D eigenvalue weighted by Crippen LogP contribution is -2.34. The molecule has 4 rings (SSSR count). The van der Waals surface area contributed by atoms with Crippen LogP contribution < -0.4 is 0 Å². The summed E-state index contributed by atoms with van der Waals surface area (Å²) in [5.41, 5.74) is 4.33. The first kappa shape index (κ1) is 18.4. The highest BCUT2D eigenvalue weighted by Crippen LogP contribution is 2.30. The molecule has 0 unspecified atom stereocenters. The van der Waals surface area contributed by atoms with Crippen molar-refractivity contribution in [2.75, 3.05) is 0 Å². The molecule has 0 aliphatic heterocycles. The molecule has 0 N–H and O–H groups in total. The van der Waals surface area contributed by atoms with Crippen molar-refractivity contribution in [3.8, 4) is 5.69 Å². The van der Waals surface area contributed by atoms with Crippen LogP contribution in [-0.2, 0) is 17.8 Å². The standard InChI is InChI=1S/C23H24FN3O/c1-16-21(17(2)27(25-16)20-9-4-3-5-10-20)14-23(28)26(19-12-13-19)15-18-8-6-7-11-22(18)24/h3-11,19H,12-15H2,1-2H3. The van der Waals surface area contributed by atoms with E-state index in [4.69, 9.17) is 0 Å². The van der Waals surface area contributed by atoms with E-state index in [1.165, 1.54) is 6.07 Å². The first-order valence-corrected chi connectivity index (χ1v) is 9.68. The van der Waals surface area contributed by atoms with Crippen LogP contribution in [0.3, 0.4) is 0 Å². The molecule has 1 fully saturated rings. The van der Waals surface area contributed by atoms with Gasteiger partial charge >= 0.3 is 0 Å². The van der Waals surface area contributed by atoms with Gasteiger partial charge in [0, 0.05) is 29.4 Å². The second-order valence-electron chi connectivity index (χ2n) is 7.42. The van der Waals surface area contributed by atoms with Crippen LogP contribution in [0.5, 0.6) is 0 Å². The monoisotopic (exact) mass is 377 g/mol. The Morgan fingerprint density at radius 3 is 2.46 bits per heavy atom. The van der Waals surface area contributed by atoms with E-state index in [0.717, 1.165) is 35.5 Å². The number of amides is 1. The van der Waals surface area contributed by atoms with Crippen molar-refractivity contribution in [3.05, 3.63) is 82.9 Å². The maximum absolute atomic E-state index is 14.1. The number of halogens is 1. The number of hydrogen-bond donors (Lipinski definition) is 0. The zero-order valence-corrected chi connectivity index (χ0v) is 16.2. The number of carbonyl (C=O) groups excluding carboxylic acids is 1. The van der Waals surface area contributed by atoms with Crippen molar-refractivity contribution in [2.24, 2.45) is 0 Å². The number of aromatic nitrogens is 2. The second-order valence-corrected chi connectivity index (χ2v) is 7.42. The molecule has 0 radical (unpaired) electrons. The number of carbonyl (C=O) groups is 1. The Balaban J connectivity index is 1.57. The highest BCUT2D eigenvalue weighted by molar-refractivity contribution is 5.80. The lowest BCUT2D eigenvalue weighted by atomic mass is 10.1. The molecule has 4 nitrogen and oxygen atoms in total. The van der Waals surface area contributed by atoms with E-state index in [-0.39, 0.29) is 24.2 Å². The topological polar surface area (TPSA) is 38.1 Å². The molecule has 1 saturated carbocycles. The van der Waals surface area contributed by atoms with Crippen LogP contribution in [0.15, 0.2) is 54.6 Å². The van der Waals surface area contributed by atoms with Gasteiger partial charge in [0.15, 0.2) is 0 Å². The predicted octanol–water partition coefficient (Wildman–Crippen LogP) is 4.36. The van der Waals surface area contributed by atoms with Crippen molar-refractivity contribution in [1.82, 2.24) is 14.7 Å². The highest BCUT2D eigenvalue weighted by Gasteiger charge is 2.33. The minimum atomic E-state index is -0.259. The Labute approximate surface area is 164 Å². The Hall–Kier alpha value is -2.95. The van der Waals surface area contributed by atoms with Crippen molar-refractivity contribution < 1.29 is 9.18 Å². The summed E-state index contributed by atoms with van der Waals surface area (Å²) in [6.07, 6.45) is 2.26. The summed E-state index contributed by atoms with van der Waals surface area (Å²) in [6.45, 7) is 4.25. The predicted molar refractivity (Wildman–Crippen MR) is 107 cm³/mol. The third kappa shape index (κ3) is 3.70. The summed E-state index contributed by atoms with van der Waals surface area (Å²) in [4.78, 5) is 15.0. The number of benzene rings is 2. The molecule has 1 amide bonds. The number of rotatable bonds is 6. The fourth-order valence-electron chi connectivity index (χ4n) is 3.62. The molecule has 0 atom stereocenters. The zero-order chi connectivity index (χ0) is 19.7. The largest absolute Gasteiger partial charge is 0.335 e. The van der Waals surface area contributed by atoms with Gasteiger partial charge in [0.1, 0.15) is 5.82 Å². The molecule has 28 heavy (non-hydrogen) atoms. The molecule has 1 aliphatic carbocycles. The average molecular weight is 377 g/mol. The minimum absolute atomic E-state index is 0.0320. The van der Waals surface area contributed by atoms with Gasteiger partial charge in [-0.1, -0.05) is 36.4 Å². The summed E-state index contributed by atoms with van der Waals surface area (Å²) in [5.74, 6) is -0.227. The minimum Gasteiger partial charge on any atom is -0.335 e. The molecule has 3 aromatic rings. The number of nitrogens with zero attached hydrogens (tertiary/aromatic N) is 3. The van der Waals surface area contributed by atoms with E-state index >= 15 is 0 Å². The second kappa shape index (κ2) is 7.58. The van der Waals surface area contributed by atoms with E-state index < -0.39 is 0 Å². The fourth-order valence-corrected chi connectivity index (χ4v) is 3.62. The van der Waals surface area contributed by atoms with Gasteiger partial charge in [0.2, 0.25) is 5.91 Å². The molecule has 1 heterocycles. The van der Waals surface area contributed by atoms with E-state index in [9.17, 15) is 9.18 Å². The van der Waals surface area contributed by atoms with Crippen LogP contribution in [0.1, 0.15) is 35.4 Å². The zero-order valence-electron chi connectivity index (χ0n) is 16.2. The summed E-state index contributed by atoms with van der Waals surface area (Å²) < 4.78 is 16.0. The lowest BCUT2D eigenvalue weighted by Gasteiger charge is -2.23. The van der Waals surface area contributed by atoms with Crippen molar-refractivity contribution in [2.45, 2.75) is 45.7 Å². The van der Waals surface area contributed by atoms with Crippen molar-refractivity contribution in [3.63, 3.8) is 0 Å². The third-order valence-corrected chi connectivity index (χ3v) is 5.38. The Bertz CT molecular complexity index is 992. The smallest absolute Gasteiger partial charge is 0.227 e. The quantitative estimate of drug-likeness (QED) is 0.640. The van der Waals surface area contributed by atoms with Gasteiger partial charge in [-0.15, -0.1) is 0 Å². The molecule has 1 aliphatic rings. The Morgan fingerprint density at radius 1 is 1.11 bits per heavy atom. The molecule has 0 spiro atoms. The lowest BCUT2D eigenvalue weighted by molar-refractivity contribution is -0.131. The van der Waals surface area contributed by atoms with Gasteiger partial charge in [-0.25, -0.2) is 9.07 Å². The maximum atomic E-state index is 14.1. The molecular formula is C23H24FN3O. The van der Waals surface area contributed by atoms with Crippen LogP contribution in [0.2, 0.25) is 0 Å². The first-order valence-electron chi connectivity index (χ1n) is 9.68.